The highest BCUT2D eigenvalue weighted by molar-refractivity contribution is 7.89. The number of aryl methyl sites for hydroxylation is 1. The van der Waals surface area contributed by atoms with Gasteiger partial charge >= 0.3 is 12.1 Å². The third-order valence-electron chi connectivity index (χ3n) is 7.67. The average molecular weight is 624 g/mol. The molecule has 0 saturated heterocycles. The number of alkyl halides is 3. The minimum atomic E-state index is -5.27. The molecule has 0 radical (unpaired) electrons. The zero-order valence-electron chi connectivity index (χ0n) is 24.0. The van der Waals surface area contributed by atoms with E-state index in [-0.39, 0.29) is 22.6 Å². The number of sulfonamides is 1. The van der Waals surface area contributed by atoms with Gasteiger partial charge in [-0.25, -0.2) is 12.8 Å². The summed E-state index contributed by atoms with van der Waals surface area (Å²) < 4.78 is 96.7. The van der Waals surface area contributed by atoms with E-state index in [1.54, 1.807) is 43.3 Å². The van der Waals surface area contributed by atoms with Crippen LogP contribution >= 0.6 is 0 Å². The van der Waals surface area contributed by atoms with Crippen LogP contribution in [0.5, 0.6) is 5.75 Å². The molecule has 4 rings (SSSR count). The fraction of sp³-hybridized carbons (Fsp3) is 0.387. The maximum absolute atomic E-state index is 14.4. The average Bonchev–Trinajstić information content (AvgIpc) is 3.23. The summed E-state index contributed by atoms with van der Waals surface area (Å²) in [5, 5.41) is 10.9. The molecule has 0 aliphatic heterocycles. The number of halogens is 4. The van der Waals surface area contributed by atoms with Crippen LogP contribution in [-0.4, -0.2) is 44.5 Å². The topological polar surface area (TPSA) is 102 Å². The molecular weight excluding hydrogens is 590 g/mol. The predicted molar refractivity (Wildman–Crippen MR) is 150 cm³/mol. The second kappa shape index (κ2) is 11.9. The van der Waals surface area contributed by atoms with Crippen LogP contribution in [0.4, 0.5) is 17.6 Å². The third kappa shape index (κ3) is 7.02. The standard InChI is InChI=1S/C31H33F4NO6S/c1-19-9-12-22(13-10-19)43(39,40)36-28-23-8-6-5-7-20(23)15-26(28)42-27(37)17-30(38,31(33,34)35)18-29(2,3)24-16-21(32)11-14-25(24)41-4/h5-14,16,26,28,36,38H,15,17-18H2,1-4H3/t26?,28-,30-/m0/s1. The Morgan fingerprint density at radius 1 is 1.05 bits per heavy atom. The van der Waals surface area contributed by atoms with E-state index in [4.69, 9.17) is 9.47 Å². The molecule has 0 bridgehead atoms. The maximum Gasteiger partial charge on any atom is 0.417 e. The second-order valence-corrected chi connectivity index (χ2v) is 13.2. The Bertz CT molecular complexity index is 1590. The predicted octanol–water partition coefficient (Wildman–Crippen LogP) is 5.68. The lowest BCUT2D eigenvalue weighted by atomic mass is 9.73. The van der Waals surface area contributed by atoms with Gasteiger partial charge in [0, 0.05) is 12.0 Å². The molecule has 43 heavy (non-hydrogen) atoms. The summed E-state index contributed by atoms with van der Waals surface area (Å²) in [6, 6.07) is 15.1. The van der Waals surface area contributed by atoms with Crippen molar-refractivity contribution in [1.82, 2.24) is 4.72 Å². The van der Waals surface area contributed by atoms with Crippen molar-refractivity contribution >= 4 is 16.0 Å². The van der Waals surface area contributed by atoms with Crippen LogP contribution < -0.4 is 9.46 Å². The van der Waals surface area contributed by atoms with Crippen molar-refractivity contribution in [3.63, 3.8) is 0 Å². The van der Waals surface area contributed by atoms with Crippen molar-refractivity contribution in [2.75, 3.05) is 7.11 Å². The molecule has 3 atom stereocenters. The lowest BCUT2D eigenvalue weighted by molar-refractivity contribution is -0.270. The highest BCUT2D eigenvalue weighted by Gasteiger charge is 2.58. The minimum absolute atomic E-state index is 0.0333. The molecule has 1 aliphatic rings. The summed E-state index contributed by atoms with van der Waals surface area (Å²) in [6.45, 7) is 4.54. The Hall–Kier alpha value is -3.48. The van der Waals surface area contributed by atoms with Crippen LogP contribution in [0.2, 0.25) is 0 Å². The van der Waals surface area contributed by atoms with E-state index >= 15 is 0 Å². The van der Waals surface area contributed by atoms with Gasteiger partial charge in [-0.2, -0.15) is 17.9 Å². The summed E-state index contributed by atoms with van der Waals surface area (Å²) in [6.07, 6.45) is -8.90. The van der Waals surface area contributed by atoms with Crippen molar-refractivity contribution in [3.8, 4) is 5.75 Å². The maximum atomic E-state index is 14.4. The number of hydrogen-bond donors (Lipinski definition) is 2. The largest absolute Gasteiger partial charge is 0.496 e. The summed E-state index contributed by atoms with van der Waals surface area (Å²) >= 11 is 0. The zero-order chi connectivity index (χ0) is 31.8. The van der Waals surface area contributed by atoms with E-state index in [0.717, 1.165) is 17.7 Å². The third-order valence-corrected chi connectivity index (χ3v) is 9.13. The number of rotatable bonds is 10. The molecule has 3 aromatic rings. The molecule has 0 spiro atoms. The normalized spacial score (nSPS) is 18.5. The van der Waals surface area contributed by atoms with Gasteiger partial charge in [0.05, 0.1) is 24.5 Å². The Morgan fingerprint density at radius 3 is 2.33 bits per heavy atom. The first-order valence-corrected chi connectivity index (χ1v) is 14.9. The van der Waals surface area contributed by atoms with Crippen molar-refractivity contribution in [3.05, 3.63) is 94.8 Å². The zero-order valence-corrected chi connectivity index (χ0v) is 24.9. The first-order chi connectivity index (χ1) is 20.0. The van der Waals surface area contributed by atoms with E-state index in [1.165, 1.54) is 39.2 Å². The van der Waals surface area contributed by atoms with E-state index in [2.05, 4.69) is 4.72 Å². The fourth-order valence-corrected chi connectivity index (χ4v) is 6.75. The quantitative estimate of drug-likeness (QED) is 0.223. The molecule has 1 unspecified atom stereocenters. The number of ether oxygens (including phenoxy) is 2. The number of aliphatic hydroxyl groups is 1. The van der Waals surface area contributed by atoms with Crippen molar-refractivity contribution in [2.24, 2.45) is 0 Å². The number of methoxy groups -OCH3 is 1. The highest BCUT2D eigenvalue weighted by atomic mass is 32.2. The van der Waals surface area contributed by atoms with E-state index in [9.17, 15) is 35.9 Å². The Kier molecular flexibility index (Phi) is 8.97. The number of fused-ring (bicyclic) bond motifs is 1. The number of benzene rings is 3. The van der Waals surface area contributed by atoms with Gasteiger partial charge in [0.2, 0.25) is 10.0 Å². The number of carbonyl (C=O) groups is 1. The lowest BCUT2D eigenvalue weighted by Gasteiger charge is -2.38. The minimum Gasteiger partial charge on any atom is -0.496 e. The fourth-order valence-electron chi connectivity index (χ4n) is 5.51. The number of nitrogens with one attached hydrogen (secondary N) is 1. The summed E-state index contributed by atoms with van der Waals surface area (Å²) in [7, 11) is -2.83. The number of carbonyl (C=O) groups excluding carboxylic acids is 1. The molecule has 0 aromatic heterocycles. The SMILES string of the molecule is COc1ccc(F)cc1C(C)(C)C[C@@](O)(CC(=O)OC1Cc2ccccc2[C@@H]1NS(=O)(=O)c1ccc(C)cc1)C(F)(F)F. The van der Waals surface area contributed by atoms with Gasteiger partial charge < -0.3 is 14.6 Å². The molecule has 0 saturated carbocycles. The first-order valence-electron chi connectivity index (χ1n) is 13.5. The second-order valence-electron chi connectivity index (χ2n) is 11.5. The van der Waals surface area contributed by atoms with Crippen LogP contribution in [-0.2, 0) is 31.4 Å². The molecule has 0 fully saturated rings. The Morgan fingerprint density at radius 2 is 1.70 bits per heavy atom. The van der Waals surface area contributed by atoms with Crippen molar-refractivity contribution in [1.29, 1.82) is 0 Å². The lowest BCUT2D eigenvalue weighted by Crippen LogP contribution is -2.51. The highest BCUT2D eigenvalue weighted by Crippen LogP contribution is 2.46. The van der Waals surface area contributed by atoms with Crippen LogP contribution in [0.1, 0.15) is 55.0 Å². The first kappa shape index (κ1) is 32.4. The van der Waals surface area contributed by atoms with Gasteiger partial charge in [0.25, 0.3) is 0 Å². The molecule has 1 aliphatic carbocycles. The van der Waals surface area contributed by atoms with Crippen molar-refractivity contribution in [2.45, 2.75) is 74.3 Å². The van der Waals surface area contributed by atoms with Gasteiger partial charge in [-0.1, -0.05) is 55.8 Å². The van der Waals surface area contributed by atoms with Crippen LogP contribution in [0.25, 0.3) is 0 Å². The van der Waals surface area contributed by atoms with E-state index < -0.39 is 64.0 Å². The van der Waals surface area contributed by atoms with Crippen LogP contribution in [0, 0.1) is 12.7 Å². The number of hydrogen-bond acceptors (Lipinski definition) is 6. The Balaban J connectivity index is 1.59. The molecule has 3 aromatic carbocycles. The van der Waals surface area contributed by atoms with Gasteiger partial charge in [-0.3, -0.25) is 4.79 Å². The van der Waals surface area contributed by atoms with Crippen LogP contribution in [0.3, 0.4) is 0 Å². The van der Waals surface area contributed by atoms with Gasteiger partial charge in [-0.15, -0.1) is 0 Å². The van der Waals surface area contributed by atoms with Gasteiger partial charge in [0.1, 0.15) is 17.7 Å². The summed E-state index contributed by atoms with van der Waals surface area (Å²) in [4.78, 5) is 13.1. The van der Waals surface area contributed by atoms with E-state index in [1.807, 2.05) is 0 Å². The van der Waals surface area contributed by atoms with Gasteiger partial charge in [-0.05, 0) is 60.2 Å². The molecular formula is C31H33F4NO6S. The molecule has 0 amide bonds. The molecule has 232 valence electrons. The Labute approximate surface area is 247 Å². The summed E-state index contributed by atoms with van der Waals surface area (Å²) in [5.41, 5.74) is -2.99. The molecule has 7 nitrogen and oxygen atoms in total. The molecule has 0 heterocycles. The summed E-state index contributed by atoms with van der Waals surface area (Å²) in [5.74, 6) is -1.97. The van der Waals surface area contributed by atoms with Crippen molar-refractivity contribution < 1.29 is 45.4 Å². The van der Waals surface area contributed by atoms with E-state index in [0.29, 0.717) is 11.1 Å². The number of esters is 1. The molecule has 12 heteroatoms. The smallest absolute Gasteiger partial charge is 0.417 e. The van der Waals surface area contributed by atoms with Gasteiger partial charge in [0.15, 0.2) is 5.60 Å². The monoisotopic (exact) mass is 623 g/mol. The molecule has 2 N–H and O–H groups in total. The van der Waals surface area contributed by atoms with Crippen LogP contribution in [0.15, 0.2) is 71.6 Å².